The van der Waals surface area contributed by atoms with Gasteiger partial charge in [0.05, 0.1) is 12.7 Å². The summed E-state index contributed by atoms with van der Waals surface area (Å²) in [6.45, 7) is 7.93. The average molecular weight is 422 g/mol. The van der Waals surface area contributed by atoms with Gasteiger partial charge in [-0.25, -0.2) is 9.67 Å². The lowest BCUT2D eigenvalue weighted by molar-refractivity contribution is 0.331. The predicted molar refractivity (Wildman–Crippen MR) is 124 cm³/mol. The number of anilines is 2. The van der Waals surface area contributed by atoms with Gasteiger partial charge in [-0.15, -0.1) is 0 Å². The van der Waals surface area contributed by atoms with Crippen molar-refractivity contribution < 1.29 is 0 Å². The Kier molecular flexibility index (Phi) is 6.46. The second-order valence-electron chi connectivity index (χ2n) is 8.43. The van der Waals surface area contributed by atoms with E-state index in [0.29, 0.717) is 23.3 Å². The summed E-state index contributed by atoms with van der Waals surface area (Å²) in [5, 5.41) is 8.08. The highest BCUT2D eigenvalue weighted by atomic mass is 16.1. The Hall–Kier alpha value is -3.00. The van der Waals surface area contributed by atoms with E-state index >= 15 is 0 Å². The number of likely N-dealkylation sites (tertiary alicyclic amines) is 1. The second kappa shape index (κ2) is 9.43. The zero-order chi connectivity index (χ0) is 21.8. The second-order valence-corrected chi connectivity index (χ2v) is 8.43. The van der Waals surface area contributed by atoms with Crippen molar-refractivity contribution in [1.82, 2.24) is 24.6 Å². The SMILES string of the molecule is CCC[C@H](C)Nc1nc(N)nc2cnn(Cc3ccc(CN4CCCC4)cc3)c(=O)c12. The van der Waals surface area contributed by atoms with E-state index in [1.165, 1.54) is 36.2 Å². The smallest absolute Gasteiger partial charge is 0.280 e. The van der Waals surface area contributed by atoms with Crippen molar-refractivity contribution in [3.63, 3.8) is 0 Å². The first-order valence-corrected chi connectivity index (χ1v) is 11.1. The highest BCUT2D eigenvalue weighted by Gasteiger charge is 2.15. The summed E-state index contributed by atoms with van der Waals surface area (Å²) >= 11 is 0. The topological polar surface area (TPSA) is 102 Å². The zero-order valence-electron chi connectivity index (χ0n) is 18.3. The largest absolute Gasteiger partial charge is 0.368 e. The molecule has 1 aliphatic rings. The molecule has 3 heterocycles. The van der Waals surface area contributed by atoms with Crippen molar-refractivity contribution in [3.05, 3.63) is 51.9 Å². The Morgan fingerprint density at radius 1 is 1.10 bits per heavy atom. The van der Waals surface area contributed by atoms with Crippen LogP contribution in [0.1, 0.15) is 50.7 Å². The number of nitrogen functional groups attached to an aromatic ring is 1. The van der Waals surface area contributed by atoms with Crippen LogP contribution in [0, 0.1) is 0 Å². The van der Waals surface area contributed by atoms with E-state index in [-0.39, 0.29) is 17.5 Å². The van der Waals surface area contributed by atoms with Crippen LogP contribution in [0.2, 0.25) is 0 Å². The number of benzene rings is 1. The van der Waals surface area contributed by atoms with E-state index in [1.54, 1.807) is 6.20 Å². The fourth-order valence-electron chi connectivity index (χ4n) is 4.18. The summed E-state index contributed by atoms with van der Waals surface area (Å²) in [6, 6.07) is 8.61. The molecule has 1 aromatic carbocycles. The Bertz CT molecular complexity index is 1090. The van der Waals surface area contributed by atoms with Crippen LogP contribution in [0.3, 0.4) is 0 Å². The van der Waals surface area contributed by atoms with E-state index < -0.39 is 0 Å². The van der Waals surface area contributed by atoms with Crippen molar-refractivity contribution in [2.24, 2.45) is 0 Å². The molecule has 8 heteroatoms. The van der Waals surface area contributed by atoms with Gasteiger partial charge < -0.3 is 11.1 Å². The maximum Gasteiger partial charge on any atom is 0.280 e. The summed E-state index contributed by atoms with van der Waals surface area (Å²) in [5.74, 6) is 0.608. The highest BCUT2D eigenvalue weighted by molar-refractivity contribution is 5.88. The third-order valence-electron chi connectivity index (χ3n) is 5.79. The zero-order valence-corrected chi connectivity index (χ0v) is 18.3. The van der Waals surface area contributed by atoms with Crippen LogP contribution in [0.25, 0.3) is 10.9 Å². The van der Waals surface area contributed by atoms with Gasteiger partial charge in [0.25, 0.3) is 5.56 Å². The van der Waals surface area contributed by atoms with E-state index in [0.717, 1.165) is 24.9 Å². The fourth-order valence-corrected chi connectivity index (χ4v) is 4.18. The van der Waals surface area contributed by atoms with E-state index in [4.69, 9.17) is 5.73 Å². The molecule has 2 aromatic heterocycles. The molecule has 3 aromatic rings. The molecule has 4 rings (SSSR count). The number of hydrogen-bond donors (Lipinski definition) is 2. The highest BCUT2D eigenvalue weighted by Crippen LogP contribution is 2.19. The van der Waals surface area contributed by atoms with Crippen LogP contribution < -0.4 is 16.6 Å². The molecule has 31 heavy (non-hydrogen) atoms. The predicted octanol–water partition coefficient (Wildman–Crippen LogP) is 3.01. The lowest BCUT2D eigenvalue weighted by Crippen LogP contribution is -2.26. The molecule has 1 aliphatic heterocycles. The van der Waals surface area contributed by atoms with Gasteiger partial charge in [0.1, 0.15) is 16.7 Å². The molecule has 0 saturated carbocycles. The van der Waals surface area contributed by atoms with Gasteiger partial charge in [0.15, 0.2) is 0 Å². The number of hydrogen-bond acceptors (Lipinski definition) is 7. The minimum absolute atomic E-state index is 0.131. The number of nitrogens with zero attached hydrogens (tertiary/aromatic N) is 5. The number of nitrogens with one attached hydrogen (secondary N) is 1. The van der Waals surface area contributed by atoms with Gasteiger partial charge in [-0.05, 0) is 50.4 Å². The van der Waals surface area contributed by atoms with Gasteiger partial charge in [-0.1, -0.05) is 37.6 Å². The van der Waals surface area contributed by atoms with Gasteiger partial charge >= 0.3 is 0 Å². The molecule has 3 N–H and O–H groups in total. The maximum atomic E-state index is 13.2. The Labute approximate surface area is 182 Å². The van der Waals surface area contributed by atoms with Crippen LogP contribution in [0.4, 0.5) is 11.8 Å². The quantitative estimate of drug-likeness (QED) is 0.576. The van der Waals surface area contributed by atoms with Gasteiger partial charge in [-0.2, -0.15) is 10.1 Å². The first kappa shape index (κ1) is 21.2. The molecule has 0 spiro atoms. The van der Waals surface area contributed by atoms with E-state index in [1.807, 2.05) is 0 Å². The van der Waals surface area contributed by atoms with Gasteiger partial charge in [0.2, 0.25) is 5.95 Å². The third-order valence-corrected chi connectivity index (χ3v) is 5.79. The number of nitrogens with two attached hydrogens (primary N) is 1. The standard InChI is InChI=1S/C23H31N7O/c1-3-6-16(2)26-21-20-19(27-23(24)28-21)13-25-30(22(20)31)15-18-9-7-17(8-10-18)14-29-11-4-5-12-29/h7-10,13,16H,3-6,11-12,14-15H2,1-2H3,(H3,24,26,27,28)/t16-/m0/s1. The number of aromatic nitrogens is 4. The molecular weight excluding hydrogens is 390 g/mol. The Morgan fingerprint density at radius 3 is 2.45 bits per heavy atom. The monoisotopic (exact) mass is 421 g/mol. The van der Waals surface area contributed by atoms with Gasteiger partial charge in [-0.3, -0.25) is 9.69 Å². The molecule has 8 nitrogen and oxygen atoms in total. The van der Waals surface area contributed by atoms with Crippen LogP contribution in [0.5, 0.6) is 0 Å². The van der Waals surface area contributed by atoms with E-state index in [2.05, 4.69) is 63.4 Å². The summed E-state index contributed by atoms with van der Waals surface area (Å²) in [4.78, 5) is 24.2. The maximum absolute atomic E-state index is 13.2. The minimum atomic E-state index is -0.218. The van der Waals surface area contributed by atoms with Gasteiger partial charge in [0, 0.05) is 12.6 Å². The summed E-state index contributed by atoms with van der Waals surface area (Å²) in [5.41, 5.74) is 8.43. The van der Waals surface area contributed by atoms with Crippen LogP contribution in [-0.4, -0.2) is 43.8 Å². The molecular formula is C23H31N7O. The van der Waals surface area contributed by atoms with Crippen molar-refractivity contribution >= 4 is 22.7 Å². The lowest BCUT2D eigenvalue weighted by atomic mass is 10.1. The Balaban J connectivity index is 1.58. The molecule has 0 unspecified atom stereocenters. The van der Waals surface area contributed by atoms with Crippen LogP contribution in [-0.2, 0) is 13.1 Å². The third kappa shape index (κ3) is 5.02. The molecule has 0 bridgehead atoms. The minimum Gasteiger partial charge on any atom is -0.368 e. The average Bonchev–Trinajstić information content (AvgIpc) is 3.24. The summed E-state index contributed by atoms with van der Waals surface area (Å²) < 4.78 is 1.47. The molecule has 0 aliphatic carbocycles. The van der Waals surface area contributed by atoms with Crippen molar-refractivity contribution in [2.75, 3.05) is 24.1 Å². The molecule has 1 saturated heterocycles. The molecule has 1 atom stereocenters. The normalized spacial score (nSPS) is 15.4. The fraction of sp³-hybridized carbons (Fsp3) is 0.478. The Morgan fingerprint density at radius 2 is 1.77 bits per heavy atom. The summed E-state index contributed by atoms with van der Waals surface area (Å²) in [6.07, 6.45) is 6.17. The van der Waals surface area contributed by atoms with Crippen molar-refractivity contribution in [3.8, 4) is 0 Å². The number of rotatable bonds is 8. The molecule has 164 valence electrons. The van der Waals surface area contributed by atoms with Crippen molar-refractivity contribution in [1.29, 1.82) is 0 Å². The van der Waals surface area contributed by atoms with E-state index in [9.17, 15) is 4.79 Å². The molecule has 0 amide bonds. The van der Waals surface area contributed by atoms with Crippen molar-refractivity contribution in [2.45, 2.75) is 58.7 Å². The first-order valence-electron chi connectivity index (χ1n) is 11.1. The number of fused-ring (bicyclic) bond motifs is 1. The van der Waals surface area contributed by atoms with Crippen LogP contribution in [0.15, 0.2) is 35.3 Å². The molecule has 1 fully saturated rings. The van der Waals surface area contributed by atoms with Crippen LogP contribution >= 0.6 is 0 Å². The lowest BCUT2D eigenvalue weighted by Gasteiger charge is -2.16. The summed E-state index contributed by atoms with van der Waals surface area (Å²) in [7, 11) is 0. The first-order chi connectivity index (χ1) is 15.0. The molecule has 0 radical (unpaired) electrons.